The van der Waals surface area contributed by atoms with Crippen LogP contribution in [-0.2, 0) is 0 Å². The van der Waals surface area contributed by atoms with Crippen LogP contribution >= 0.6 is 11.3 Å². The van der Waals surface area contributed by atoms with Gasteiger partial charge in [0.05, 0.1) is 6.04 Å². The number of imidazole rings is 1. The van der Waals surface area contributed by atoms with Gasteiger partial charge in [-0.1, -0.05) is 19.3 Å². The molecule has 28 heavy (non-hydrogen) atoms. The third-order valence-corrected chi connectivity index (χ3v) is 6.66. The zero-order valence-corrected chi connectivity index (χ0v) is 16.7. The van der Waals surface area contributed by atoms with Gasteiger partial charge in [0.2, 0.25) is 0 Å². The molecule has 2 fully saturated rings. The van der Waals surface area contributed by atoms with Crippen LogP contribution < -0.4 is 5.32 Å². The van der Waals surface area contributed by atoms with Gasteiger partial charge in [0, 0.05) is 36.3 Å². The second kappa shape index (κ2) is 7.54. The van der Waals surface area contributed by atoms with Gasteiger partial charge in [-0.2, -0.15) is 11.3 Å². The fourth-order valence-corrected chi connectivity index (χ4v) is 5.16. The van der Waals surface area contributed by atoms with E-state index in [9.17, 15) is 4.79 Å². The first-order chi connectivity index (χ1) is 13.8. The van der Waals surface area contributed by atoms with Crippen molar-refractivity contribution in [3.8, 4) is 11.4 Å². The smallest absolute Gasteiger partial charge is 0.317 e. The maximum absolute atomic E-state index is 12.8. The van der Waals surface area contributed by atoms with Crippen LogP contribution in [-0.4, -0.2) is 44.6 Å². The average Bonchev–Trinajstić information content (AvgIpc) is 3.46. The van der Waals surface area contributed by atoms with E-state index in [1.165, 1.54) is 19.3 Å². The maximum Gasteiger partial charge on any atom is 0.317 e. The second-order valence-electron chi connectivity index (χ2n) is 7.84. The molecular formula is C21H25N5OS. The number of carbonyl (C=O) groups is 1. The number of aromatic nitrogens is 3. The van der Waals surface area contributed by atoms with Gasteiger partial charge >= 0.3 is 6.03 Å². The first-order valence-electron chi connectivity index (χ1n) is 10.2. The first-order valence-corrected chi connectivity index (χ1v) is 11.1. The van der Waals surface area contributed by atoms with E-state index in [0.717, 1.165) is 48.4 Å². The number of hydrogen-bond acceptors (Lipinski definition) is 4. The number of hydrogen-bond donors (Lipinski definition) is 1. The van der Waals surface area contributed by atoms with E-state index in [0.29, 0.717) is 12.6 Å². The molecule has 0 spiro atoms. The molecule has 146 valence electrons. The summed E-state index contributed by atoms with van der Waals surface area (Å²) in [6, 6.07) is 6.67. The van der Waals surface area contributed by atoms with Crippen molar-refractivity contribution in [2.45, 2.75) is 50.6 Å². The van der Waals surface area contributed by atoms with E-state index < -0.39 is 0 Å². The molecule has 7 heteroatoms. The Kier molecular flexibility index (Phi) is 4.76. The fraction of sp³-hybridized carbons (Fsp3) is 0.476. The van der Waals surface area contributed by atoms with E-state index >= 15 is 0 Å². The van der Waals surface area contributed by atoms with Crippen molar-refractivity contribution >= 4 is 28.5 Å². The minimum atomic E-state index is 0.0869. The summed E-state index contributed by atoms with van der Waals surface area (Å²) >= 11 is 1.67. The van der Waals surface area contributed by atoms with Gasteiger partial charge < -0.3 is 14.8 Å². The van der Waals surface area contributed by atoms with Gasteiger partial charge in [-0.3, -0.25) is 0 Å². The number of nitrogens with zero attached hydrogens (tertiary/aromatic N) is 4. The number of carbonyl (C=O) groups excluding carboxylic acids is 1. The van der Waals surface area contributed by atoms with Gasteiger partial charge in [0.1, 0.15) is 11.3 Å². The van der Waals surface area contributed by atoms with Gasteiger partial charge in [0.25, 0.3) is 0 Å². The highest BCUT2D eigenvalue weighted by Gasteiger charge is 2.31. The van der Waals surface area contributed by atoms with Crippen molar-refractivity contribution in [1.29, 1.82) is 0 Å². The highest BCUT2D eigenvalue weighted by Crippen LogP contribution is 2.33. The molecule has 1 aliphatic carbocycles. The molecule has 0 radical (unpaired) electrons. The van der Waals surface area contributed by atoms with Crippen LogP contribution in [0.5, 0.6) is 0 Å². The van der Waals surface area contributed by atoms with Crippen LogP contribution in [0, 0.1) is 0 Å². The lowest BCUT2D eigenvalue weighted by Gasteiger charge is -2.26. The Morgan fingerprint density at radius 3 is 2.89 bits per heavy atom. The minimum absolute atomic E-state index is 0.0869. The largest absolute Gasteiger partial charge is 0.335 e. The summed E-state index contributed by atoms with van der Waals surface area (Å²) < 4.78 is 2.24. The number of rotatable bonds is 3. The molecule has 0 aromatic carbocycles. The molecule has 6 nitrogen and oxygen atoms in total. The lowest BCUT2D eigenvalue weighted by Crippen LogP contribution is -2.44. The summed E-state index contributed by atoms with van der Waals surface area (Å²) in [6.45, 7) is 1.48. The minimum Gasteiger partial charge on any atom is -0.335 e. The number of urea groups is 1. The maximum atomic E-state index is 12.8. The zero-order chi connectivity index (χ0) is 18.9. The van der Waals surface area contributed by atoms with Crippen molar-refractivity contribution < 1.29 is 4.79 Å². The predicted molar refractivity (Wildman–Crippen MR) is 111 cm³/mol. The predicted octanol–water partition coefficient (Wildman–Crippen LogP) is 4.45. The van der Waals surface area contributed by atoms with Crippen molar-refractivity contribution in [1.82, 2.24) is 24.8 Å². The van der Waals surface area contributed by atoms with Crippen LogP contribution in [0.25, 0.3) is 22.6 Å². The van der Waals surface area contributed by atoms with Crippen LogP contribution in [0.3, 0.4) is 0 Å². The Morgan fingerprint density at radius 2 is 2.07 bits per heavy atom. The molecule has 1 saturated carbocycles. The van der Waals surface area contributed by atoms with Crippen molar-refractivity contribution in [3.63, 3.8) is 0 Å². The number of amides is 2. The molecule has 2 aliphatic rings. The van der Waals surface area contributed by atoms with E-state index in [4.69, 9.17) is 4.98 Å². The van der Waals surface area contributed by atoms with Crippen LogP contribution in [0.15, 0.2) is 35.2 Å². The summed E-state index contributed by atoms with van der Waals surface area (Å²) in [6.07, 6.45) is 8.72. The molecular weight excluding hydrogens is 370 g/mol. The summed E-state index contributed by atoms with van der Waals surface area (Å²) in [5, 5.41) is 7.45. The Hall–Kier alpha value is -2.41. The van der Waals surface area contributed by atoms with E-state index in [1.807, 2.05) is 23.2 Å². The zero-order valence-electron chi connectivity index (χ0n) is 15.9. The quantitative estimate of drug-likeness (QED) is 0.713. The SMILES string of the molecule is O=C(NC1CCCCC1)N1CC[C@@H](n2c(-c3ccsc3)nc3cccnc32)C1. The average molecular weight is 396 g/mol. The molecule has 4 heterocycles. The highest BCUT2D eigenvalue weighted by molar-refractivity contribution is 7.08. The van der Waals surface area contributed by atoms with Crippen molar-refractivity contribution in [2.75, 3.05) is 13.1 Å². The Labute approximate surface area is 168 Å². The summed E-state index contributed by atoms with van der Waals surface area (Å²) in [4.78, 5) is 24.2. The number of likely N-dealkylation sites (tertiary alicyclic amines) is 1. The normalized spacial score (nSPS) is 20.7. The van der Waals surface area contributed by atoms with Crippen molar-refractivity contribution in [2.24, 2.45) is 0 Å². The van der Waals surface area contributed by atoms with Gasteiger partial charge in [-0.25, -0.2) is 14.8 Å². The Bertz CT molecular complexity index is 961. The van der Waals surface area contributed by atoms with Gasteiger partial charge in [-0.05, 0) is 42.8 Å². The first kappa shape index (κ1) is 17.7. The molecule has 1 saturated heterocycles. The van der Waals surface area contributed by atoms with Gasteiger partial charge in [-0.15, -0.1) is 0 Å². The number of fused-ring (bicyclic) bond motifs is 1. The Morgan fingerprint density at radius 1 is 1.18 bits per heavy atom. The lowest BCUT2D eigenvalue weighted by atomic mass is 9.96. The van der Waals surface area contributed by atoms with E-state index in [-0.39, 0.29) is 12.1 Å². The number of nitrogens with one attached hydrogen (secondary N) is 1. The molecule has 1 N–H and O–H groups in total. The third-order valence-electron chi connectivity index (χ3n) is 5.98. The molecule has 0 bridgehead atoms. The monoisotopic (exact) mass is 395 g/mol. The molecule has 1 aliphatic heterocycles. The highest BCUT2D eigenvalue weighted by atomic mass is 32.1. The second-order valence-corrected chi connectivity index (χ2v) is 8.62. The summed E-state index contributed by atoms with van der Waals surface area (Å²) in [7, 11) is 0. The molecule has 1 atom stereocenters. The molecule has 3 aromatic rings. The fourth-order valence-electron chi connectivity index (χ4n) is 4.52. The molecule has 3 aromatic heterocycles. The third kappa shape index (κ3) is 3.28. The number of thiophene rings is 1. The van der Waals surface area contributed by atoms with E-state index in [2.05, 4.69) is 31.7 Å². The van der Waals surface area contributed by atoms with Gasteiger partial charge in [0.15, 0.2) is 5.65 Å². The Balaban J connectivity index is 1.39. The van der Waals surface area contributed by atoms with Crippen LogP contribution in [0.2, 0.25) is 0 Å². The molecule has 2 amide bonds. The summed E-state index contributed by atoms with van der Waals surface area (Å²) in [5.74, 6) is 0.953. The topological polar surface area (TPSA) is 63.1 Å². The van der Waals surface area contributed by atoms with E-state index in [1.54, 1.807) is 11.3 Å². The molecule has 5 rings (SSSR count). The molecule has 0 unspecified atom stereocenters. The van der Waals surface area contributed by atoms with Crippen molar-refractivity contribution in [3.05, 3.63) is 35.2 Å². The summed E-state index contributed by atoms with van der Waals surface area (Å²) in [5.41, 5.74) is 2.94. The standard InChI is InChI=1S/C21H25N5OS/c27-21(23-16-5-2-1-3-6-16)25-11-8-17(13-25)26-19(15-9-12-28-14-15)24-18-7-4-10-22-20(18)26/h4,7,9-10,12,14,16-17H,1-3,5-6,8,11,13H2,(H,23,27)/t17-/m1/s1. The van der Waals surface area contributed by atoms with Crippen LogP contribution in [0.4, 0.5) is 4.79 Å². The van der Waals surface area contributed by atoms with Crippen LogP contribution in [0.1, 0.15) is 44.6 Å². The number of pyridine rings is 1. The lowest BCUT2D eigenvalue weighted by molar-refractivity contribution is 0.199.